The van der Waals surface area contributed by atoms with Gasteiger partial charge in [0.25, 0.3) is 0 Å². The highest BCUT2D eigenvalue weighted by Crippen LogP contribution is 2.17. The topological polar surface area (TPSA) is 27.7 Å². The summed E-state index contributed by atoms with van der Waals surface area (Å²) in [7, 11) is 0. The highest BCUT2D eigenvalue weighted by atomic mass is 16.7. The van der Waals surface area contributed by atoms with Crippen molar-refractivity contribution in [2.24, 2.45) is 0 Å². The first-order valence-electron chi connectivity index (χ1n) is 18.7. The molecule has 43 heavy (non-hydrogen) atoms. The van der Waals surface area contributed by atoms with Gasteiger partial charge in [0.1, 0.15) is 13.6 Å². The van der Waals surface area contributed by atoms with Crippen LogP contribution < -0.4 is 0 Å². The molecule has 0 spiro atoms. The van der Waals surface area contributed by atoms with E-state index in [2.05, 4.69) is 76.3 Å². The largest absolute Gasteiger partial charge is 0.352 e. The lowest BCUT2D eigenvalue weighted by Gasteiger charge is -2.20. The van der Waals surface area contributed by atoms with Gasteiger partial charge >= 0.3 is 0 Å². The molecular weight excluding hydrogens is 528 g/mol. The van der Waals surface area contributed by atoms with E-state index in [0.29, 0.717) is 25.8 Å². The van der Waals surface area contributed by atoms with E-state index in [4.69, 9.17) is 14.2 Å². The zero-order valence-electron chi connectivity index (χ0n) is 29.4. The third-order valence-electron chi connectivity index (χ3n) is 8.04. The van der Waals surface area contributed by atoms with Gasteiger partial charge in [-0.3, -0.25) is 0 Å². The van der Waals surface area contributed by atoms with E-state index in [1.165, 1.54) is 116 Å². The lowest BCUT2D eigenvalue weighted by molar-refractivity contribution is -0.168. The molecule has 0 radical (unpaired) electrons. The SMILES string of the molecule is CCCCC=CC=CCCCCC(CCCCCC)OCOCOC(CCCCC=CC=CCCCC)CCCCCC. The standard InChI is InChI=1S/C40H74O3/c1-5-9-13-17-19-21-23-25-27-31-35-39(33-29-15-11-7-3)42-37-41-38-43-40(34-30-16-12-8-4)36-32-28-26-24-22-20-18-14-10-6-2/h17-24,39-40H,5-16,25-38H2,1-4H3. The molecule has 2 unspecified atom stereocenters. The van der Waals surface area contributed by atoms with Crippen molar-refractivity contribution in [3.05, 3.63) is 48.6 Å². The minimum Gasteiger partial charge on any atom is -0.352 e. The smallest absolute Gasteiger partial charge is 0.149 e. The zero-order chi connectivity index (χ0) is 31.3. The molecule has 2 atom stereocenters. The molecule has 3 heteroatoms. The van der Waals surface area contributed by atoms with Crippen molar-refractivity contribution in [2.45, 2.75) is 194 Å². The van der Waals surface area contributed by atoms with Gasteiger partial charge in [0.05, 0.1) is 12.2 Å². The predicted octanol–water partition coefficient (Wildman–Crippen LogP) is 13.4. The third kappa shape index (κ3) is 33.6. The second-order valence-corrected chi connectivity index (χ2v) is 12.3. The normalized spacial score (nSPS) is 13.9. The van der Waals surface area contributed by atoms with Gasteiger partial charge in [0, 0.05) is 0 Å². The quantitative estimate of drug-likeness (QED) is 0.0416. The molecule has 0 N–H and O–H groups in total. The van der Waals surface area contributed by atoms with Crippen LogP contribution in [0.3, 0.4) is 0 Å². The summed E-state index contributed by atoms with van der Waals surface area (Å²) in [5, 5.41) is 0. The van der Waals surface area contributed by atoms with Crippen LogP contribution in [0.25, 0.3) is 0 Å². The number of ether oxygens (including phenoxy) is 3. The molecule has 0 saturated heterocycles. The summed E-state index contributed by atoms with van der Waals surface area (Å²) in [6.45, 7) is 9.73. The minimum atomic E-state index is 0.300. The maximum absolute atomic E-state index is 6.22. The Balaban J connectivity index is 4.35. The van der Waals surface area contributed by atoms with E-state index in [1.807, 2.05) is 0 Å². The molecule has 0 heterocycles. The molecule has 0 aromatic rings. The Morgan fingerprint density at radius 2 is 0.698 bits per heavy atom. The lowest BCUT2D eigenvalue weighted by Crippen LogP contribution is -2.19. The van der Waals surface area contributed by atoms with E-state index in [9.17, 15) is 0 Å². The van der Waals surface area contributed by atoms with Crippen molar-refractivity contribution in [3.63, 3.8) is 0 Å². The first-order valence-corrected chi connectivity index (χ1v) is 18.7. The van der Waals surface area contributed by atoms with Crippen molar-refractivity contribution in [3.8, 4) is 0 Å². The maximum atomic E-state index is 6.22. The van der Waals surface area contributed by atoms with Crippen LogP contribution in [0, 0.1) is 0 Å². The molecule has 0 aliphatic rings. The average Bonchev–Trinajstić information content (AvgIpc) is 3.02. The molecule has 0 fully saturated rings. The number of hydrogen-bond acceptors (Lipinski definition) is 3. The summed E-state index contributed by atoms with van der Waals surface area (Å²) in [4.78, 5) is 0. The van der Waals surface area contributed by atoms with Gasteiger partial charge in [0.2, 0.25) is 0 Å². The second-order valence-electron chi connectivity index (χ2n) is 12.3. The first-order chi connectivity index (χ1) is 21.3. The summed E-state index contributed by atoms with van der Waals surface area (Å²) in [5.74, 6) is 0. The second kappa shape index (κ2) is 37.0. The number of hydrogen-bond donors (Lipinski definition) is 0. The molecule has 0 aliphatic carbocycles. The lowest BCUT2D eigenvalue weighted by atomic mass is 10.0. The van der Waals surface area contributed by atoms with Crippen molar-refractivity contribution in [2.75, 3.05) is 13.6 Å². The van der Waals surface area contributed by atoms with E-state index in [0.717, 1.165) is 38.5 Å². The summed E-state index contributed by atoms with van der Waals surface area (Å²) in [5.41, 5.74) is 0. The first kappa shape index (κ1) is 41.8. The Morgan fingerprint density at radius 3 is 1.05 bits per heavy atom. The van der Waals surface area contributed by atoms with Crippen LogP contribution >= 0.6 is 0 Å². The van der Waals surface area contributed by atoms with Crippen molar-refractivity contribution in [1.82, 2.24) is 0 Å². The maximum Gasteiger partial charge on any atom is 0.149 e. The Labute approximate surface area is 270 Å². The molecule has 0 aliphatic heterocycles. The highest BCUT2D eigenvalue weighted by Gasteiger charge is 2.11. The van der Waals surface area contributed by atoms with Gasteiger partial charge in [0.15, 0.2) is 0 Å². The Kier molecular flexibility index (Phi) is 36.0. The summed E-state index contributed by atoms with van der Waals surface area (Å²) in [6.07, 6.45) is 48.1. The van der Waals surface area contributed by atoms with Gasteiger partial charge in [-0.2, -0.15) is 0 Å². The van der Waals surface area contributed by atoms with Gasteiger partial charge in [-0.25, -0.2) is 0 Å². The van der Waals surface area contributed by atoms with E-state index >= 15 is 0 Å². The van der Waals surface area contributed by atoms with Crippen LogP contribution in [0.2, 0.25) is 0 Å². The van der Waals surface area contributed by atoms with E-state index in [-0.39, 0.29) is 0 Å². The molecule has 0 bridgehead atoms. The molecule has 0 amide bonds. The Bertz CT molecular complexity index is 582. The van der Waals surface area contributed by atoms with Crippen LogP contribution in [0.4, 0.5) is 0 Å². The molecule has 0 rings (SSSR count). The minimum absolute atomic E-state index is 0.300. The molecule has 252 valence electrons. The molecule has 0 aromatic carbocycles. The average molecular weight is 603 g/mol. The van der Waals surface area contributed by atoms with Crippen molar-refractivity contribution in [1.29, 1.82) is 0 Å². The number of allylic oxidation sites excluding steroid dienone is 8. The fraction of sp³-hybridized carbons (Fsp3) is 0.800. The number of unbranched alkanes of at least 4 members (excludes halogenated alkanes) is 14. The molecular formula is C40H74O3. The Hall–Kier alpha value is -1.16. The van der Waals surface area contributed by atoms with Gasteiger partial charge in [-0.1, -0.05) is 166 Å². The summed E-state index contributed by atoms with van der Waals surface area (Å²) in [6, 6.07) is 0. The fourth-order valence-electron chi connectivity index (χ4n) is 5.15. The van der Waals surface area contributed by atoms with Gasteiger partial charge in [-0.15, -0.1) is 0 Å². The van der Waals surface area contributed by atoms with E-state index in [1.54, 1.807) is 0 Å². The summed E-state index contributed by atoms with van der Waals surface area (Å²) >= 11 is 0. The highest BCUT2D eigenvalue weighted by molar-refractivity contribution is 5.02. The summed E-state index contributed by atoms with van der Waals surface area (Å²) < 4.78 is 18.3. The predicted molar refractivity (Wildman–Crippen MR) is 191 cm³/mol. The van der Waals surface area contributed by atoms with Crippen LogP contribution in [-0.4, -0.2) is 25.8 Å². The number of rotatable bonds is 34. The third-order valence-corrected chi connectivity index (χ3v) is 8.04. The zero-order valence-corrected chi connectivity index (χ0v) is 29.4. The van der Waals surface area contributed by atoms with Crippen molar-refractivity contribution >= 4 is 0 Å². The van der Waals surface area contributed by atoms with Crippen LogP contribution in [0.1, 0.15) is 182 Å². The van der Waals surface area contributed by atoms with Crippen molar-refractivity contribution < 1.29 is 14.2 Å². The molecule has 3 nitrogen and oxygen atoms in total. The van der Waals surface area contributed by atoms with Crippen LogP contribution in [0.5, 0.6) is 0 Å². The van der Waals surface area contributed by atoms with Gasteiger partial charge in [-0.05, 0) is 64.2 Å². The monoisotopic (exact) mass is 603 g/mol. The van der Waals surface area contributed by atoms with Crippen LogP contribution in [0.15, 0.2) is 48.6 Å². The van der Waals surface area contributed by atoms with E-state index < -0.39 is 0 Å². The van der Waals surface area contributed by atoms with Crippen LogP contribution in [-0.2, 0) is 14.2 Å². The molecule has 0 saturated carbocycles. The molecule has 0 aromatic heterocycles. The fourth-order valence-corrected chi connectivity index (χ4v) is 5.15. The van der Waals surface area contributed by atoms with Gasteiger partial charge < -0.3 is 14.2 Å². The Morgan fingerprint density at radius 1 is 0.372 bits per heavy atom.